The first-order valence-corrected chi connectivity index (χ1v) is 8.24. The highest BCUT2D eigenvalue weighted by molar-refractivity contribution is 8.18. The molecule has 1 fully saturated rings. The predicted octanol–water partition coefficient (Wildman–Crippen LogP) is 0.877. The minimum Gasteiger partial charge on any atom is -0.339 e. The van der Waals surface area contributed by atoms with E-state index < -0.39 is 0 Å². The van der Waals surface area contributed by atoms with E-state index in [2.05, 4.69) is 16.8 Å². The van der Waals surface area contributed by atoms with Crippen molar-refractivity contribution in [1.82, 2.24) is 4.90 Å². The number of likely N-dealkylation sites (N-methyl/N-ethyl adjacent to an activating group) is 1. The van der Waals surface area contributed by atoms with E-state index in [4.69, 9.17) is 0 Å². The van der Waals surface area contributed by atoms with Crippen molar-refractivity contribution >= 4 is 28.9 Å². The Morgan fingerprint density at radius 2 is 2.00 bits per heavy atom. The molecule has 1 aromatic carbocycles. The van der Waals surface area contributed by atoms with Crippen LogP contribution < -0.4 is 4.90 Å². The van der Waals surface area contributed by atoms with Crippen LogP contribution in [0.1, 0.15) is 12.5 Å². The van der Waals surface area contributed by atoms with Gasteiger partial charge in [0.2, 0.25) is 0 Å². The van der Waals surface area contributed by atoms with Crippen LogP contribution in [0.3, 0.4) is 0 Å². The standard InChI is InChI=1S/C16H19N3OS/c1-2-18-8-10-19(11-9-18)16-17-15(20)14(21-16)12-13-6-4-3-5-7-13/h3-7,12H,2,8-11H2,1H3/p+1. The van der Waals surface area contributed by atoms with E-state index in [1.807, 2.05) is 36.4 Å². The van der Waals surface area contributed by atoms with Gasteiger partial charge in [-0.15, -0.1) is 0 Å². The Hall–Kier alpha value is -1.59. The van der Waals surface area contributed by atoms with E-state index >= 15 is 0 Å². The zero-order chi connectivity index (χ0) is 14.7. The Morgan fingerprint density at radius 1 is 1.29 bits per heavy atom. The third-order valence-corrected chi connectivity index (χ3v) is 4.99. The van der Waals surface area contributed by atoms with Gasteiger partial charge < -0.3 is 9.80 Å². The molecule has 1 N–H and O–H groups in total. The van der Waals surface area contributed by atoms with Gasteiger partial charge in [-0.3, -0.25) is 4.79 Å². The number of hydrogen-bond acceptors (Lipinski definition) is 3. The SMILES string of the molecule is CC[NH+]1CCN(C2=NC(=O)C(=Cc3ccccc3)S2)CC1. The maximum Gasteiger partial charge on any atom is 0.286 e. The van der Waals surface area contributed by atoms with Gasteiger partial charge in [-0.05, 0) is 30.3 Å². The first kappa shape index (κ1) is 14.4. The number of carbonyl (C=O) groups is 1. The van der Waals surface area contributed by atoms with Crippen molar-refractivity contribution in [2.24, 2.45) is 4.99 Å². The molecule has 110 valence electrons. The fraction of sp³-hybridized carbons (Fsp3) is 0.375. The zero-order valence-corrected chi connectivity index (χ0v) is 13.0. The molecule has 0 aromatic heterocycles. The van der Waals surface area contributed by atoms with E-state index in [9.17, 15) is 4.79 Å². The van der Waals surface area contributed by atoms with Crippen molar-refractivity contribution in [3.05, 3.63) is 40.8 Å². The highest BCUT2D eigenvalue weighted by atomic mass is 32.2. The van der Waals surface area contributed by atoms with Crippen molar-refractivity contribution in [3.8, 4) is 0 Å². The maximum atomic E-state index is 12.0. The number of thioether (sulfide) groups is 1. The van der Waals surface area contributed by atoms with Gasteiger partial charge in [0.15, 0.2) is 5.17 Å². The molecule has 0 atom stereocenters. The summed E-state index contributed by atoms with van der Waals surface area (Å²) in [6.07, 6.45) is 1.93. The van der Waals surface area contributed by atoms with E-state index in [0.717, 1.165) is 41.8 Å². The molecule has 2 aliphatic rings. The largest absolute Gasteiger partial charge is 0.339 e. The zero-order valence-electron chi connectivity index (χ0n) is 12.2. The van der Waals surface area contributed by atoms with Gasteiger partial charge in [-0.1, -0.05) is 30.3 Å². The monoisotopic (exact) mass is 302 g/mol. The Kier molecular flexibility index (Phi) is 4.41. The van der Waals surface area contributed by atoms with Crippen LogP contribution in [0.25, 0.3) is 6.08 Å². The lowest BCUT2D eigenvalue weighted by molar-refractivity contribution is -0.902. The molecular formula is C16H20N3OS+. The number of carbonyl (C=O) groups excluding carboxylic acids is 1. The van der Waals surface area contributed by atoms with Gasteiger partial charge in [0.25, 0.3) is 5.91 Å². The lowest BCUT2D eigenvalue weighted by Gasteiger charge is -2.32. The maximum absolute atomic E-state index is 12.0. The van der Waals surface area contributed by atoms with Crippen molar-refractivity contribution in [1.29, 1.82) is 0 Å². The van der Waals surface area contributed by atoms with Crippen molar-refractivity contribution < 1.29 is 9.69 Å². The number of aliphatic imine (C=N–C) groups is 1. The summed E-state index contributed by atoms with van der Waals surface area (Å²) in [5, 5.41) is 0.873. The second kappa shape index (κ2) is 6.45. The summed E-state index contributed by atoms with van der Waals surface area (Å²) in [5.41, 5.74) is 1.05. The normalized spacial score (nSPS) is 22.0. The van der Waals surface area contributed by atoms with Gasteiger partial charge in [0, 0.05) is 0 Å². The molecule has 1 saturated heterocycles. The van der Waals surface area contributed by atoms with Crippen molar-refractivity contribution in [3.63, 3.8) is 0 Å². The van der Waals surface area contributed by atoms with Gasteiger partial charge in [-0.2, -0.15) is 4.99 Å². The Morgan fingerprint density at radius 3 is 2.67 bits per heavy atom. The molecule has 0 radical (unpaired) electrons. The Balaban J connectivity index is 1.67. The quantitative estimate of drug-likeness (QED) is 0.824. The molecule has 0 unspecified atom stereocenters. The van der Waals surface area contributed by atoms with Crippen molar-refractivity contribution in [2.75, 3.05) is 32.7 Å². The number of quaternary nitrogens is 1. The summed E-state index contributed by atoms with van der Waals surface area (Å²) >= 11 is 1.51. The molecule has 0 spiro atoms. The van der Waals surface area contributed by atoms with Crippen LogP contribution in [0, 0.1) is 0 Å². The fourth-order valence-corrected chi connectivity index (χ4v) is 3.57. The molecule has 0 saturated carbocycles. The summed E-state index contributed by atoms with van der Waals surface area (Å²) in [7, 11) is 0. The Bertz CT molecular complexity index is 574. The van der Waals surface area contributed by atoms with Crippen LogP contribution in [0.4, 0.5) is 0 Å². The highest BCUT2D eigenvalue weighted by Crippen LogP contribution is 2.30. The van der Waals surface area contributed by atoms with E-state index in [0.29, 0.717) is 0 Å². The number of amides is 1. The topological polar surface area (TPSA) is 37.1 Å². The van der Waals surface area contributed by atoms with E-state index in [-0.39, 0.29) is 5.91 Å². The number of piperazine rings is 1. The Labute approximate surface area is 129 Å². The molecule has 1 amide bonds. The van der Waals surface area contributed by atoms with Crippen molar-refractivity contribution in [2.45, 2.75) is 6.92 Å². The summed E-state index contributed by atoms with van der Waals surface area (Å²) in [6, 6.07) is 9.93. The van der Waals surface area contributed by atoms with Crippen LogP contribution in [-0.4, -0.2) is 48.7 Å². The first-order valence-electron chi connectivity index (χ1n) is 7.42. The van der Waals surface area contributed by atoms with Gasteiger partial charge in [0.05, 0.1) is 37.6 Å². The minimum atomic E-state index is -0.107. The van der Waals surface area contributed by atoms with E-state index in [1.54, 1.807) is 4.90 Å². The van der Waals surface area contributed by atoms with Gasteiger partial charge in [-0.25, -0.2) is 0 Å². The molecule has 21 heavy (non-hydrogen) atoms. The smallest absolute Gasteiger partial charge is 0.286 e. The summed E-state index contributed by atoms with van der Waals surface area (Å²) < 4.78 is 0. The highest BCUT2D eigenvalue weighted by Gasteiger charge is 2.29. The second-order valence-electron chi connectivity index (χ2n) is 5.31. The molecule has 2 aliphatic heterocycles. The summed E-state index contributed by atoms with van der Waals surface area (Å²) in [4.78, 5) is 20.9. The van der Waals surface area contributed by atoms with Crippen LogP contribution in [-0.2, 0) is 4.79 Å². The lowest BCUT2D eigenvalue weighted by Crippen LogP contribution is -3.14. The number of amidine groups is 1. The average Bonchev–Trinajstić information content (AvgIpc) is 2.89. The third-order valence-electron chi connectivity index (χ3n) is 3.95. The first-order chi connectivity index (χ1) is 10.3. The molecule has 0 bridgehead atoms. The number of nitrogens with one attached hydrogen (secondary N) is 1. The van der Waals surface area contributed by atoms with Gasteiger partial charge >= 0.3 is 0 Å². The molecule has 0 aliphatic carbocycles. The summed E-state index contributed by atoms with van der Waals surface area (Å²) in [6.45, 7) is 7.62. The van der Waals surface area contributed by atoms with Crippen LogP contribution in [0.15, 0.2) is 40.2 Å². The van der Waals surface area contributed by atoms with Gasteiger partial charge in [0.1, 0.15) is 0 Å². The molecule has 1 aromatic rings. The summed E-state index contributed by atoms with van der Waals surface area (Å²) in [5.74, 6) is -0.107. The average molecular weight is 302 g/mol. The van der Waals surface area contributed by atoms with E-state index in [1.165, 1.54) is 18.3 Å². The molecule has 4 nitrogen and oxygen atoms in total. The predicted molar refractivity (Wildman–Crippen MR) is 87.3 cm³/mol. The lowest BCUT2D eigenvalue weighted by atomic mass is 10.2. The molecule has 5 heteroatoms. The number of rotatable bonds is 2. The second-order valence-corrected chi connectivity index (χ2v) is 6.32. The molecule has 3 rings (SSSR count). The number of nitrogens with zero attached hydrogens (tertiary/aromatic N) is 2. The fourth-order valence-electron chi connectivity index (χ4n) is 2.60. The number of hydrogen-bond donors (Lipinski definition) is 1. The number of benzene rings is 1. The van der Waals surface area contributed by atoms with Crippen LogP contribution >= 0.6 is 11.8 Å². The minimum absolute atomic E-state index is 0.107. The van der Waals surface area contributed by atoms with Crippen LogP contribution in [0.2, 0.25) is 0 Å². The third kappa shape index (κ3) is 3.36. The molecule has 2 heterocycles. The molecular weight excluding hydrogens is 282 g/mol. The van der Waals surface area contributed by atoms with Crippen LogP contribution in [0.5, 0.6) is 0 Å².